The number of aliphatic hydroxyl groups is 1. The van der Waals surface area contributed by atoms with Crippen molar-refractivity contribution in [1.29, 1.82) is 0 Å². The Hall–Kier alpha value is -1.95. The summed E-state index contributed by atoms with van der Waals surface area (Å²) >= 11 is 0. The first-order valence-electron chi connectivity index (χ1n) is 6.47. The molecule has 5 nitrogen and oxygen atoms in total. The molecule has 1 aliphatic rings. The number of hydrogen-bond acceptors (Lipinski definition) is 4. The van der Waals surface area contributed by atoms with Crippen molar-refractivity contribution < 1.29 is 19.1 Å². The number of hydrogen-bond donors (Lipinski definition) is 3. The van der Waals surface area contributed by atoms with E-state index in [4.69, 9.17) is 10.8 Å². The number of ketones is 1. The van der Waals surface area contributed by atoms with Gasteiger partial charge in [-0.05, 0) is 37.0 Å². The van der Waals surface area contributed by atoms with E-state index in [1.165, 1.54) is 0 Å². The van der Waals surface area contributed by atoms with Gasteiger partial charge in [-0.1, -0.05) is 0 Å². The summed E-state index contributed by atoms with van der Waals surface area (Å²) in [7, 11) is 0. The van der Waals surface area contributed by atoms with Crippen molar-refractivity contribution in [3.63, 3.8) is 0 Å². The Kier molecular flexibility index (Phi) is 4.04. The number of benzene rings is 1. The van der Waals surface area contributed by atoms with Crippen molar-refractivity contribution >= 4 is 17.4 Å². The number of nitrogens with two attached hydrogens (primary N) is 1. The van der Waals surface area contributed by atoms with Crippen LogP contribution in [-0.4, -0.2) is 29.9 Å². The first-order chi connectivity index (χ1) is 9.47. The predicted molar refractivity (Wildman–Crippen MR) is 71.8 cm³/mol. The molecular weight excluding hydrogens is 263 g/mol. The Bertz CT molecular complexity index is 572. The van der Waals surface area contributed by atoms with Crippen LogP contribution in [0.2, 0.25) is 0 Å². The number of halogens is 1. The quantitative estimate of drug-likeness (QED) is 0.557. The Morgan fingerprint density at radius 1 is 1.60 bits per heavy atom. The van der Waals surface area contributed by atoms with Gasteiger partial charge in [0.05, 0.1) is 6.61 Å². The molecule has 2 rings (SSSR count). The predicted octanol–water partition coefficient (Wildman–Crippen LogP) is 0.570. The van der Waals surface area contributed by atoms with Gasteiger partial charge in [0.1, 0.15) is 11.7 Å². The van der Waals surface area contributed by atoms with E-state index in [1.807, 2.05) is 0 Å². The van der Waals surface area contributed by atoms with E-state index in [-0.39, 0.29) is 30.2 Å². The maximum Gasteiger partial charge on any atom is 0.231 e. The van der Waals surface area contributed by atoms with Crippen LogP contribution in [0.15, 0.2) is 6.07 Å². The molecule has 0 fully saturated rings. The number of fused-ring (bicyclic) bond motifs is 1. The molecule has 0 saturated carbocycles. The Morgan fingerprint density at radius 2 is 2.30 bits per heavy atom. The molecule has 1 atom stereocenters. The molecule has 0 spiro atoms. The van der Waals surface area contributed by atoms with Gasteiger partial charge in [-0.25, -0.2) is 4.39 Å². The first kappa shape index (κ1) is 14.5. The van der Waals surface area contributed by atoms with Gasteiger partial charge < -0.3 is 16.2 Å². The van der Waals surface area contributed by atoms with Gasteiger partial charge in [0, 0.05) is 17.8 Å². The Labute approximate surface area is 116 Å². The second-order valence-corrected chi connectivity index (χ2v) is 4.90. The van der Waals surface area contributed by atoms with Crippen LogP contribution >= 0.6 is 0 Å². The van der Waals surface area contributed by atoms with Crippen molar-refractivity contribution in [3.05, 3.63) is 28.6 Å². The smallest absolute Gasteiger partial charge is 0.231 e. The minimum atomic E-state index is -0.818. The zero-order valence-corrected chi connectivity index (χ0v) is 11.2. The number of anilines is 1. The summed E-state index contributed by atoms with van der Waals surface area (Å²) in [6, 6.07) is 1.13. The molecule has 1 aromatic carbocycles. The molecule has 108 valence electrons. The molecule has 1 amide bonds. The molecule has 0 bridgehead atoms. The molecule has 0 saturated heterocycles. The molecule has 20 heavy (non-hydrogen) atoms. The van der Waals surface area contributed by atoms with Crippen molar-refractivity contribution in [2.45, 2.75) is 19.8 Å². The van der Waals surface area contributed by atoms with Gasteiger partial charge in [0.25, 0.3) is 0 Å². The van der Waals surface area contributed by atoms with Gasteiger partial charge in [0.2, 0.25) is 5.91 Å². The number of aliphatic hydroxyl groups excluding tert-OH is 1. The molecule has 1 unspecified atom stereocenters. The van der Waals surface area contributed by atoms with E-state index in [1.54, 1.807) is 6.92 Å². The number of nitrogens with one attached hydrogen (secondary N) is 1. The van der Waals surface area contributed by atoms with Crippen LogP contribution in [0.5, 0.6) is 0 Å². The average molecular weight is 280 g/mol. The highest BCUT2D eigenvalue weighted by molar-refractivity contribution is 6.14. The standard InChI is InChI=1S/C14H17FN2O3/c1-7-8-2-3-9(14(20)17-4-5-18)13(19)12(8)11(16)6-10(7)15/h6,9,18H,2-5,16H2,1H3,(H,17,20). The molecule has 0 heterocycles. The summed E-state index contributed by atoms with van der Waals surface area (Å²) in [5.74, 6) is -2.04. The van der Waals surface area contributed by atoms with E-state index in [0.29, 0.717) is 24.0 Å². The Morgan fingerprint density at radius 3 is 2.95 bits per heavy atom. The maximum atomic E-state index is 13.6. The van der Waals surface area contributed by atoms with Gasteiger partial charge in [0.15, 0.2) is 5.78 Å². The fourth-order valence-electron chi connectivity index (χ4n) is 2.57. The monoisotopic (exact) mass is 280 g/mol. The summed E-state index contributed by atoms with van der Waals surface area (Å²) in [6.07, 6.45) is 0.763. The van der Waals surface area contributed by atoms with Crippen molar-refractivity contribution in [1.82, 2.24) is 5.32 Å². The Balaban J connectivity index is 2.35. The van der Waals surface area contributed by atoms with Crippen molar-refractivity contribution in [3.8, 4) is 0 Å². The summed E-state index contributed by atoms with van der Waals surface area (Å²) in [5, 5.41) is 11.2. The highest BCUT2D eigenvalue weighted by atomic mass is 19.1. The number of nitrogen functional groups attached to an aromatic ring is 1. The third kappa shape index (κ3) is 2.38. The summed E-state index contributed by atoms with van der Waals surface area (Å²) in [6.45, 7) is 1.52. The molecule has 0 aromatic heterocycles. The summed E-state index contributed by atoms with van der Waals surface area (Å²) in [4.78, 5) is 24.3. The minimum absolute atomic E-state index is 0.0766. The molecular formula is C14H17FN2O3. The van der Waals surface area contributed by atoms with Gasteiger partial charge in [-0.3, -0.25) is 9.59 Å². The van der Waals surface area contributed by atoms with E-state index >= 15 is 0 Å². The lowest BCUT2D eigenvalue weighted by Crippen LogP contribution is -2.39. The zero-order chi connectivity index (χ0) is 14.9. The van der Waals surface area contributed by atoms with Crippen molar-refractivity contribution in [2.24, 2.45) is 5.92 Å². The highest BCUT2D eigenvalue weighted by Gasteiger charge is 2.35. The average Bonchev–Trinajstić information content (AvgIpc) is 2.41. The number of carbonyl (C=O) groups excluding carboxylic acids is 2. The van der Waals surface area contributed by atoms with Gasteiger partial charge in [-0.15, -0.1) is 0 Å². The maximum absolute atomic E-state index is 13.6. The number of carbonyl (C=O) groups is 2. The number of amides is 1. The van der Waals surface area contributed by atoms with Crippen LogP contribution in [0.1, 0.15) is 27.9 Å². The fourth-order valence-corrected chi connectivity index (χ4v) is 2.57. The van der Waals surface area contributed by atoms with E-state index in [0.717, 1.165) is 6.07 Å². The van der Waals surface area contributed by atoms with Crippen LogP contribution in [0.25, 0.3) is 0 Å². The first-order valence-corrected chi connectivity index (χ1v) is 6.47. The van der Waals surface area contributed by atoms with Crippen molar-refractivity contribution in [2.75, 3.05) is 18.9 Å². The third-order valence-corrected chi connectivity index (χ3v) is 3.66. The molecule has 4 N–H and O–H groups in total. The highest BCUT2D eigenvalue weighted by Crippen LogP contribution is 2.33. The van der Waals surface area contributed by atoms with Crippen LogP contribution in [-0.2, 0) is 11.2 Å². The second-order valence-electron chi connectivity index (χ2n) is 4.90. The second kappa shape index (κ2) is 5.58. The number of Topliss-reactive ketones (excluding diaryl/α,β-unsaturated/α-hetero) is 1. The third-order valence-electron chi connectivity index (χ3n) is 3.66. The van der Waals surface area contributed by atoms with Gasteiger partial charge >= 0.3 is 0 Å². The van der Waals surface area contributed by atoms with E-state index < -0.39 is 17.6 Å². The lowest BCUT2D eigenvalue weighted by Gasteiger charge is -2.25. The van der Waals surface area contributed by atoms with Gasteiger partial charge in [-0.2, -0.15) is 0 Å². The lowest BCUT2D eigenvalue weighted by molar-refractivity contribution is -0.123. The molecule has 0 aliphatic heterocycles. The van der Waals surface area contributed by atoms with Crippen LogP contribution in [0.4, 0.5) is 10.1 Å². The largest absolute Gasteiger partial charge is 0.398 e. The normalized spacial score (nSPS) is 17.8. The molecule has 6 heteroatoms. The topological polar surface area (TPSA) is 92.4 Å². The molecule has 1 aliphatic carbocycles. The van der Waals surface area contributed by atoms with Crippen LogP contribution < -0.4 is 11.1 Å². The summed E-state index contributed by atoms with van der Waals surface area (Å²) < 4.78 is 13.6. The molecule has 0 radical (unpaired) electrons. The van der Waals surface area contributed by atoms with E-state index in [9.17, 15) is 14.0 Å². The molecule has 1 aromatic rings. The fraction of sp³-hybridized carbons (Fsp3) is 0.429. The van der Waals surface area contributed by atoms with Crippen LogP contribution in [0, 0.1) is 18.7 Å². The summed E-state index contributed by atoms with van der Waals surface area (Å²) in [5.41, 5.74) is 7.08. The zero-order valence-electron chi connectivity index (χ0n) is 11.2. The van der Waals surface area contributed by atoms with E-state index in [2.05, 4.69) is 5.32 Å². The van der Waals surface area contributed by atoms with Crippen LogP contribution in [0.3, 0.4) is 0 Å². The SMILES string of the molecule is Cc1c(F)cc(N)c2c1CCC(C(=O)NCCO)C2=O. The lowest BCUT2D eigenvalue weighted by atomic mass is 9.79. The minimum Gasteiger partial charge on any atom is -0.398 e. The number of rotatable bonds is 3.